The van der Waals surface area contributed by atoms with E-state index < -0.39 is 5.92 Å². The fraction of sp³-hybridized carbons (Fsp3) is 0.346. The van der Waals surface area contributed by atoms with E-state index >= 15 is 0 Å². The average molecular weight is 510 g/mol. The number of aryl methyl sites for hydroxylation is 1. The number of rotatable bonds is 1. The number of thiophene rings is 1. The van der Waals surface area contributed by atoms with E-state index in [0.717, 1.165) is 54.8 Å². The maximum Gasteiger partial charge on any atom is 0.260 e. The van der Waals surface area contributed by atoms with Crippen LogP contribution in [0.15, 0.2) is 40.9 Å². The van der Waals surface area contributed by atoms with Gasteiger partial charge < -0.3 is 5.32 Å². The molecule has 172 valence electrons. The van der Waals surface area contributed by atoms with Crippen molar-refractivity contribution < 1.29 is 9.59 Å². The molecule has 0 saturated heterocycles. The largest absolute Gasteiger partial charge is 0.307 e. The molecule has 1 aromatic carbocycles. The number of hydrogen-bond donors (Lipinski definition) is 1. The predicted octanol–water partition coefficient (Wildman–Crippen LogP) is 6.41. The molecule has 2 aromatic rings. The van der Waals surface area contributed by atoms with Crippen LogP contribution in [0.3, 0.4) is 0 Å². The Morgan fingerprint density at radius 1 is 1.06 bits per heavy atom. The lowest BCUT2D eigenvalue weighted by atomic mass is 9.75. The normalized spacial score (nSPS) is 21.8. The van der Waals surface area contributed by atoms with Crippen molar-refractivity contribution in [3.63, 3.8) is 0 Å². The minimum atomic E-state index is -0.662. The first kappa shape index (κ1) is 21.9. The second-order valence-electron chi connectivity index (χ2n) is 9.12. The van der Waals surface area contributed by atoms with Crippen molar-refractivity contribution in [1.82, 2.24) is 5.32 Å². The molecule has 0 fully saturated rings. The van der Waals surface area contributed by atoms with Gasteiger partial charge in [0.25, 0.3) is 5.91 Å². The van der Waals surface area contributed by atoms with Crippen molar-refractivity contribution in [2.75, 3.05) is 4.90 Å². The molecule has 1 N–H and O–H groups in total. The van der Waals surface area contributed by atoms with Crippen LogP contribution in [0, 0.1) is 11.3 Å². The molecule has 1 amide bonds. The monoisotopic (exact) mass is 509 g/mol. The van der Waals surface area contributed by atoms with Gasteiger partial charge in [-0.25, -0.2) is 0 Å². The molecule has 2 aliphatic heterocycles. The molecule has 0 unspecified atom stereocenters. The van der Waals surface area contributed by atoms with Gasteiger partial charge in [-0.2, -0.15) is 5.26 Å². The Labute approximate surface area is 211 Å². The summed E-state index contributed by atoms with van der Waals surface area (Å²) in [6, 6.07) is 7.59. The van der Waals surface area contributed by atoms with Crippen LogP contribution in [0.4, 0.5) is 5.00 Å². The summed E-state index contributed by atoms with van der Waals surface area (Å²) in [4.78, 5) is 30.1. The van der Waals surface area contributed by atoms with Crippen molar-refractivity contribution in [2.45, 2.75) is 57.3 Å². The molecule has 2 aliphatic carbocycles. The summed E-state index contributed by atoms with van der Waals surface area (Å²) in [5.41, 5.74) is 4.25. The Morgan fingerprint density at radius 2 is 1.88 bits per heavy atom. The molecule has 8 heteroatoms. The van der Waals surface area contributed by atoms with Crippen LogP contribution >= 0.6 is 34.5 Å². The molecule has 0 radical (unpaired) electrons. The highest BCUT2D eigenvalue weighted by molar-refractivity contribution is 7.17. The van der Waals surface area contributed by atoms with Crippen LogP contribution < -0.4 is 10.2 Å². The van der Waals surface area contributed by atoms with Crippen LogP contribution in [0.25, 0.3) is 0 Å². The molecular weight excluding hydrogens is 489 g/mol. The average Bonchev–Trinajstić information content (AvgIpc) is 3.03. The molecule has 1 aromatic heterocycles. The second kappa shape index (κ2) is 8.27. The van der Waals surface area contributed by atoms with Crippen LogP contribution in [0.1, 0.15) is 70.8 Å². The maximum atomic E-state index is 13.4. The Balaban J connectivity index is 1.63. The van der Waals surface area contributed by atoms with Gasteiger partial charge in [-0.15, -0.1) is 11.3 Å². The first-order valence-electron chi connectivity index (χ1n) is 11.6. The molecule has 0 saturated carbocycles. The second-order valence-corrected chi connectivity index (χ2v) is 11.0. The highest BCUT2D eigenvalue weighted by Crippen LogP contribution is 2.53. The molecular formula is C26H21Cl2N3O2S. The number of fused-ring (bicyclic) bond motifs is 6. The van der Waals surface area contributed by atoms with E-state index in [1.807, 2.05) is 11.0 Å². The number of Topliss-reactive ketones (excluding diaryl/α,β-unsaturated/α-hetero) is 1. The van der Waals surface area contributed by atoms with Crippen molar-refractivity contribution in [2.24, 2.45) is 0 Å². The molecule has 0 spiro atoms. The third-order valence-electron chi connectivity index (χ3n) is 7.23. The first-order valence-corrected chi connectivity index (χ1v) is 13.2. The number of allylic oxidation sites excluding steroid dienone is 3. The van der Waals surface area contributed by atoms with Crippen molar-refractivity contribution in [3.8, 4) is 6.07 Å². The van der Waals surface area contributed by atoms with Gasteiger partial charge >= 0.3 is 0 Å². The van der Waals surface area contributed by atoms with E-state index in [-0.39, 0.29) is 11.7 Å². The van der Waals surface area contributed by atoms with Gasteiger partial charge in [-0.3, -0.25) is 14.5 Å². The molecule has 34 heavy (non-hydrogen) atoms. The number of benzene rings is 1. The Morgan fingerprint density at radius 3 is 2.71 bits per heavy atom. The summed E-state index contributed by atoms with van der Waals surface area (Å²) >= 11 is 14.6. The third kappa shape index (κ3) is 3.11. The molecule has 6 rings (SSSR count). The molecule has 4 aliphatic rings. The third-order valence-corrected chi connectivity index (χ3v) is 9.34. The van der Waals surface area contributed by atoms with Crippen LogP contribution in [0.5, 0.6) is 0 Å². The molecule has 3 heterocycles. The Kier molecular flexibility index (Phi) is 5.33. The van der Waals surface area contributed by atoms with E-state index in [4.69, 9.17) is 23.2 Å². The zero-order chi connectivity index (χ0) is 23.6. The highest BCUT2D eigenvalue weighted by atomic mass is 35.5. The number of hydrogen-bond acceptors (Lipinski definition) is 5. The van der Waals surface area contributed by atoms with Crippen LogP contribution in [0.2, 0.25) is 10.0 Å². The van der Waals surface area contributed by atoms with Gasteiger partial charge in [-0.1, -0.05) is 41.8 Å². The minimum absolute atomic E-state index is 0.0191. The lowest BCUT2D eigenvalue weighted by molar-refractivity contribution is -0.116. The summed E-state index contributed by atoms with van der Waals surface area (Å²) in [7, 11) is 0. The van der Waals surface area contributed by atoms with E-state index in [2.05, 4.69) is 11.4 Å². The Bertz CT molecular complexity index is 1380. The summed E-state index contributed by atoms with van der Waals surface area (Å²) in [5, 5.41) is 14.9. The highest BCUT2D eigenvalue weighted by Gasteiger charge is 2.46. The van der Waals surface area contributed by atoms with E-state index in [0.29, 0.717) is 51.0 Å². The van der Waals surface area contributed by atoms with Gasteiger partial charge in [0.05, 0.1) is 33.2 Å². The van der Waals surface area contributed by atoms with Crippen LogP contribution in [-0.4, -0.2) is 11.7 Å². The SMILES string of the molecule is N#CC1=C2NC(=O)c3c(sc4c3CCCCC4)N2C2=C(C(=O)CCC2)[C@H]1c1cccc(Cl)c1Cl. The topological polar surface area (TPSA) is 73.2 Å². The molecule has 0 bridgehead atoms. The zero-order valence-electron chi connectivity index (χ0n) is 18.3. The summed E-state index contributed by atoms with van der Waals surface area (Å²) < 4.78 is 0. The summed E-state index contributed by atoms with van der Waals surface area (Å²) in [6.07, 6.45) is 7.04. The van der Waals surface area contributed by atoms with E-state index in [9.17, 15) is 14.9 Å². The summed E-state index contributed by atoms with van der Waals surface area (Å²) in [5.74, 6) is -0.364. The van der Waals surface area contributed by atoms with Crippen molar-refractivity contribution in [1.29, 1.82) is 5.26 Å². The Hall–Kier alpha value is -2.59. The van der Waals surface area contributed by atoms with Crippen LogP contribution in [-0.2, 0) is 17.6 Å². The van der Waals surface area contributed by atoms with Gasteiger partial charge in [0, 0.05) is 22.6 Å². The number of carbonyl (C=O) groups is 2. The number of anilines is 1. The zero-order valence-corrected chi connectivity index (χ0v) is 20.7. The van der Waals surface area contributed by atoms with E-state index in [1.54, 1.807) is 23.5 Å². The number of nitriles is 1. The number of nitrogens with zero attached hydrogens (tertiary/aromatic N) is 2. The molecule has 5 nitrogen and oxygen atoms in total. The minimum Gasteiger partial charge on any atom is -0.307 e. The lowest BCUT2D eigenvalue weighted by Gasteiger charge is -2.42. The predicted molar refractivity (Wildman–Crippen MR) is 133 cm³/mol. The lowest BCUT2D eigenvalue weighted by Crippen LogP contribution is -2.46. The van der Waals surface area contributed by atoms with Gasteiger partial charge in [0.1, 0.15) is 10.8 Å². The van der Waals surface area contributed by atoms with Gasteiger partial charge in [0.2, 0.25) is 0 Å². The fourth-order valence-corrected chi connectivity index (χ4v) is 7.59. The van der Waals surface area contributed by atoms with Gasteiger partial charge in [-0.05, 0) is 55.7 Å². The number of halogens is 2. The quantitative estimate of drug-likeness (QED) is 0.450. The van der Waals surface area contributed by atoms with Crippen molar-refractivity contribution >= 4 is 51.2 Å². The first-order chi connectivity index (χ1) is 16.5. The molecule has 1 atom stereocenters. The standard InChI is InChI=1S/C26H21Cl2N3O2S/c27-16-8-4-7-14(23(16)28)20-15(12-29)24-30-25(33)21-13-6-2-1-3-11-19(13)34-26(21)31(24)17-9-5-10-18(32)22(17)20/h4,7-8,20H,1-3,5-6,9-11H2,(H,30,33)/t20-/m0/s1. The van der Waals surface area contributed by atoms with E-state index in [1.165, 1.54) is 4.88 Å². The fourth-order valence-electron chi connectivity index (χ4n) is 5.75. The summed E-state index contributed by atoms with van der Waals surface area (Å²) in [6.45, 7) is 0. The maximum absolute atomic E-state index is 13.4. The number of amides is 1. The van der Waals surface area contributed by atoms with Crippen molar-refractivity contribution in [3.05, 3.63) is 72.5 Å². The van der Waals surface area contributed by atoms with Gasteiger partial charge in [0.15, 0.2) is 5.78 Å². The number of carbonyl (C=O) groups excluding carboxylic acids is 2. The smallest absolute Gasteiger partial charge is 0.260 e. The number of ketones is 1. The number of nitrogens with one attached hydrogen (secondary N) is 1.